The van der Waals surface area contributed by atoms with Crippen LogP contribution < -0.4 is 10.1 Å². The number of nitrogens with one attached hydrogen (secondary N) is 1. The van der Waals surface area contributed by atoms with Crippen molar-refractivity contribution in [1.29, 1.82) is 0 Å². The maximum absolute atomic E-state index is 14.3. The van der Waals surface area contributed by atoms with Crippen molar-refractivity contribution in [2.45, 2.75) is 39.1 Å². The highest BCUT2D eigenvalue weighted by Crippen LogP contribution is 2.23. The van der Waals surface area contributed by atoms with Crippen LogP contribution in [0.15, 0.2) is 41.1 Å². The number of hydrogen-bond donors (Lipinski definition) is 3. The van der Waals surface area contributed by atoms with E-state index in [1.807, 2.05) is 30.7 Å². The van der Waals surface area contributed by atoms with Crippen molar-refractivity contribution < 1.29 is 42.9 Å². The molecule has 1 amide bonds. The van der Waals surface area contributed by atoms with Crippen LogP contribution in [0.4, 0.5) is 13.6 Å². The molecule has 9 nitrogen and oxygen atoms in total. The highest BCUT2D eigenvalue weighted by Gasteiger charge is 2.30. The summed E-state index contributed by atoms with van der Waals surface area (Å²) in [5.41, 5.74) is 0.639. The van der Waals surface area contributed by atoms with Crippen LogP contribution in [0.2, 0.25) is 0 Å². The quantitative estimate of drug-likeness (QED) is 0.481. The fraction of sp³-hybridized carbons (Fsp3) is 0.348. The minimum Gasteiger partial charge on any atom is -0.489 e. The lowest BCUT2D eigenvalue weighted by molar-refractivity contribution is -0.134. The predicted octanol–water partition coefficient (Wildman–Crippen LogP) is 3.64. The molecular weight excluding hydrogens is 486 g/mol. The van der Waals surface area contributed by atoms with E-state index in [0.29, 0.717) is 25.2 Å². The third kappa shape index (κ3) is 8.98. The van der Waals surface area contributed by atoms with E-state index in [2.05, 4.69) is 5.32 Å². The first-order valence-electron chi connectivity index (χ1n) is 10.5. The normalized spacial score (nSPS) is 17.4. The maximum atomic E-state index is 14.3. The number of piperazine rings is 1. The molecule has 1 aliphatic rings. The van der Waals surface area contributed by atoms with E-state index < -0.39 is 36.3 Å². The summed E-state index contributed by atoms with van der Waals surface area (Å²) < 4.78 is 39.2. The average molecular weight is 513 g/mol. The molecule has 1 aliphatic heterocycles. The Morgan fingerprint density at radius 1 is 1.09 bits per heavy atom. The van der Waals surface area contributed by atoms with Gasteiger partial charge in [-0.2, -0.15) is 11.3 Å². The molecule has 0 saturated carbocycles. The smallest absolute Gasteiger partial charge is 0.410 e. The summed E-state index contributed by atoms with van der Waals surface area (Å²) in [5, 5.41) is 22.6. The van der Waals surface area contributed by atoms with E-state index in [1.54, 1.807) is 4.90 Å². The lowest BCUT2D eigenvalue weighted by Gasteiger charge is -2.38. The van der Waals surface area contributed by atoms with Crippen LogP contribution in [0.25, 0.3) is 0 Å². The highest BCUT2D eigenvalue weighted by molar-refractivity contribution is 7.07. The molecule has 2 heterocycles. The van der Waals surface area contributed by atoms with Gasteiger partial charge in [-0.05, 0) is 36.2 Å². The number of halogens is 2. The largest absolute Gasteiger partial charge is 0.489 e. The highest BCUT2D eigenvalue weighted by atomic mass is 32.1. The predicted molar refractivity (Wildman–Crippen MR) is 123 cm³/mol. The standard InChI is InChI=1S/C19H22F2N2O3S.C4H4O4/c1-12-7-22-8-13(2)23(12)19(24)26-10-16-17(20)5-15(6-18(16)21)25-9-14-3-4-27-11-14;5-3(6)1-2-4(7)8/h3-6,11-13,22H,7-10H2,1-2H3;1-2H,(H,5,6)(H,7,8). The fourth-order valence-electron chi connectivity index (χ4n) is 3.19. The van der Waals surface area contributed by atoms with Gasteiger partial charge in [0, 0.05) is 49.5 Å². The molecule has 3 N–H and O–H groups in total. The van der Waals surface area contributed by atoms with Crippen molar-refractivity contribution in [3.05, 3.63) is 63.9 Å². The fourth-order valence-corrected chi connectivity index (χ4v) is 3.84. The van der Waals surface area contributed by atoms with E-state index >= 15 is 0 Å². The van der Waals surface area contributed by atoms with Crippen molar-refractivity contribution in [3.63, 3.8) is 0 Å². The van der Waals surface area contributed by atoms with Gasteiger partial charge in [0.05, 0.1) is 5.56 Å². The minimum atomic E-state index is -1.26. The molecule has 35 heavy (non-hydrogen) atoms. The monoisotopic (exact) mass is 512 g/mol. The molecular formula is C23H26F2N2O7S. The summed E-state index contributed by atoms with van der Waals surface area (Å²) in [7, 11) is 0. The van der Waals surface area contributed by atoms with Gasteiger partial charge in [0.15, 0.2) is 0 Å². The molecule has 0 aliphatic carbocycles. The van der Waals surface area contributed by atoms with E-state index in [4.69, 9.17) is 19.7 Å². The second kappa shape index (κ2) is 13.4. The van der Waals surface area contributed by atoms with Crippen LogP contribution in [0.3, 0.4) is 0 Å². The number of carboxylic acids is 2. The van der Waals surface area contributed by atoms with Crippen molar-refractivity contribution >= 4 is 29.4 Å². The van der Waals surface area contributed by atoms with Crippen molar-refractivity contribution in [2.24, 2.45) is 0 Å². The summed E-state index contributed by atoms with van der Waals surface area (Å²) in [6.45, 7) is 4.85. The summed E-state index contributed by atoms with van der Waals surface area (Å²) >= 11 is 1.52. The number of carboxylic acid groups (broad SMARTS) is 2. The molecule has 0 bridgehead atoms. The van der Waals surface area contributed by atoms with Crippen LogP contribution in [-0.2, 0) is 27.5 Å². The summed E-state index contributed by atoms with van der Waals surface area (Å²) in [4.78, 5) is 33.0. The molecule has 1 saturated heterocycles. The number of aliphatic carboxylic acids is 2. The van der Waals surface area contributed by atoms with Crippen molar-refractivity contribution in [2.75, 3.05) is 13.1 Å². The van der Waals surface area contributed by atoms with E-state index in [9.17, 15) is 23.2 Å². The third-order valence-electron chi connectivity index (χ3n) is 4.85. The Balaban J connectivity index is 0.000000466. The van der Waals surface area contributed by atoms with Gasteiger partial charge in [-0.1, -0.05) is 0 Å². The van der Waals surface area contributed by atoms with Gasteiger partial charge in [0.1, 0.15) is 30.6 Å². The molecule has 2 atom stereocenters. The van der Waals surface area contributed by atoms with E-state index in [-0.39, 0.29) is 30.0 Å². The Morgan fingerprint density at radius 3 is 2.14 bits per heavy atom. The van der Waals surface area contributed by atoms with Gasteiger partial charge in [0.2, 0.25) is 0 Å². The summed E-state index contributed by atoms with van der Waals surface area (Å²) in [6.07, 6.45) is 0.540. The number of nitrogens with zero attached hydrogens (tertiary/aromatic N) is 1. The maximum Gasteiger partial charge on any atom is 0.410 e. The van der Waals surface area contributed by atoms with Crippen LogP contribution in [-0.4, -0.2) is 58.3 Å². The van der Waals surface area contributed by atoms with Crippen LogP contribution in [0, 0.1) is 11.6 Å². The number of thiophene rings is 1. The number of rotatable bonds is 7. The van der Waals surface area contributed by atoms with Crippen LogP contribution >= 0.6 is 11.3 Å². The molecule has 190 valence electrons. The zero-order valence-corrected chi connectivity index (χ0v) is 19.9. The second-order valence-corrected chi connectivity index (χ2v) is 8.39. The van der Waals surface area contributed by atoms with E-state index in [1.165, 1.54) is 11.3 Å². The molecule has 1 fully saturated rings. The number of ether oxygens (including phenoxy) is 2. The van der Waals surface area contributed by atoms with Gasteiger partial charge < -0.3 is 29.9 Å². The molecule has 3 rings (SSSR count). The molecule has 0 spiro atoms. The Bertz CT molecular complexity index is 997. The Hall–Kier alpha value is -3.51. The Kier molecular flexibility index (Phi) is 10.6. The topological polar surface area (TPSA) is 125 Å². The first kappa shape index (κ1) is 27.7. The Morgan fingerprint density at radius 2 is 1.66 bits per heavy atom. The number of benzene rings is 1. The number of hydrogen-bond acceptors (Lipinski definition) is 7. The lowest BCUT2D eigenvalue weighted by atomic mass is 10.1. The average Bonchev–Trinajstić information content (AvgIpc) is 3.30. The first-order chi connectivity index (χ1) is 16.6. The second-order valence-electron chi connectivity index (χ2n) is 7.61. The molecule has 12 heteroatoms. The van der Waals surface area contributed by atoms with Gasteiger partial charge in [0.25, 0.3) is 0 Å². The van der Waals surface area contributed by atoms with Gasteiger partial charge in [-0.3, -0.25) is 0 Å². The van der Waals surface area contributed by atoms with E-state index in [0.717, 1.165) is 17.7 Å². The first-order valence-corrected chi connectivity index (χ1v) is 11.4. The number of carbonyl (C=O) groups excluding carboxylic acids is 1. The van der Waals surface area contributed by atoms with Gasteiger partial charge in [-0.25, -0.2) is 23.2 Å². The molecule has 1 aromatic carbocycles. The Labute approximate surface area is 204 Å². The lowest BCUT2D eigenvalue weighted by Crippen LogP contribution is -2.57. The summed E-state index contributed by atoms with van der Waals surface area (Å²) in [6, 6.07) is 3.99. The zero-order valence-electron chi connectivity index (χ0n) is 19.1. The van der Waals surface area contributed by atoms with Crippen molar-refractivity contribution in [3.8, 4) is 5.75 Å². The molecule has 2 aromatic rings. The van der Waals surface area contributed by atoms with Crippen LogP contribution in [0.1, 0.15) is 25.0 Å². The SMILES string of the molecule is CC1CNCC(C)N1C(=O)OCc1c(F)cc(OCc2ccsc2)cc1F.O=C(O)C=CC(=O)O. The summed E-state index contributed by atoms with van der Waals surface area (Å²) in [5.74, 6) is -4.02. The third-order valence-corrected chi connectivity index (χ3v) is 5.58. The number of carbonyl (C=O) groups is 3. The van der Waals surface area contributed by atoms with Gasteiger partial charge >= 0.3 is 18.0 Å². The molecule has 0 radical (unpaired) electrons. The molecule has 1 aromatic heterocycles. The van der Waals surface area contributed by atoms with Crippen molar-refractivity contribution in [1.82, 2.24) is 10.2 Å². The minimum absolute atomic E-state index is 0.0520. The zero-order chi connectivity index (χ0) is 26.0. The van der Waals surface area contributed by atoms with Crippen LogP contribution in [0.5, 0.6) is 5.75 Å². The van der Waals surface area contributed by atoms with Gasteiger partial charge in [-0.15, -0.1) is 0 Å². The molecule has 2 unspecified atom stereocenters. The number of amides is 1.